The fraction of sp³-hybridized carbons (Fsp3) is 0.0667. The van der Waals surface area contributed by atoms with E-state index >= 15 is 0 Å². The van der Waals surface area contributed by atoms with Gasteiger partial charge in [0.2, 0.25) is 0 Å². The molecule has 0 aromatic heterocycles. The number of benzene rings is 2. The van der Waals surface area contributed by atoms with Crippen LogP contribution in [0.1, 0.15) is 20.7 Å². The number of carbonyl (C=O) groups is 2. The first-order valence-corrected chi connectivity index (χ1v) is 6.40. The number of rotatable bonds is 2. The number of aromatic hydroxyl groups is 6. The van der Waals surface area contributed by atoms with Crippen LogP contribution < -0.4 is 0 Å². The average molecular weight is 354 g/mol. The summed E-state index contributed by atoms with van der Waals surface area (Å²) in [6, 6.07) is 3.69. The number of carbonyl (C=O) groups excluding carboxylic acids is 1. The third kappa shape index (κ3) is 4.58. The standard InChI is InChI=1S/C8H8O5.C7H6O5/c1-13-8(12)4-2-5(9)7(11)6(10)3-4;8-4-1-3(7(11)12)2-5(9)6(4)10/h2-3,9-11H,1H3;1-2,8-10H,(H,11,12). The molecule has 0 aliphatic rings. The summed E-state index contributed by atoms with van der Waals surface area (Å²) in [5.74, 6) is -5.83. The van der Waals surface area contributed by atoms with Gasteiger partial charge >= 0.3 is 11.9 Å². The van der Waals surface area contributed by atoms with Crippen LogP contribution >= 0.6 is 0 Å². The predicted molar refractivity (Wildman–Crippen MR) is 81.2 cm³/mol. The number of ether oxygens (including phenoxy) is 1. The Morgan fingerprint density at radius 2 is 1.04 bits per heavy atom. The molecule has 0 aliphatic carbocycles. The van der Waals surface area contributed by atoms with E-state index in [1.807, 2.05) is 0 Å². The minimum absolute atomic E-state index is 0.0321. The molecule has 25 heavy (non-hydrogen) atoms. The van der Waals surface area contributed by atoms with Crippen molar-refractivity contribution in [3.8, 4) is 34.5 Å². The molecule has 2 aromatic rings. The highest BCUT2D eigenvalue weighted by Gasteiger charge is 2.13. The van der Waals surface area contributed by atoms with Gasteiger partial charge in [-0.15, -0.1) is 0 Å². The Kier molecular flexibility index (Phi) is 5.87. The number of phenols is 6. The van der Waals surface area contributed by atoms with E-state index in [0.29, 0.717) is 0 Å². The second-order valence-corrected chi connectivity index (χ2v) is 4.52. The first kappa shape index (κ1) is 19.2. The molecule has 0 atom stereocenters. The van der Waals surface area contributed by atoms with E-state index in [1.165, 1.54) is 7.11 Å². The van der Waals surface area contributed by atoms with Gasteiger partial charge in [0, 0.05) is 0 Å². The number of methoxy groups -OCH3 is 1. The van der Waals surface area contributed by atoms with E-state index in [0.717, 1.165) is 24.3 Å². The molecule has 10 heteroatoms. The van der Waals surface area contributed by atoms with Crippen LogP contribution in [-0.4, -0.2) is 54.8 Å². The zero-order valence-electron chi connectivity index (χ0n) is 12.7. The Morgan fingerprint density at radius 1 is 0.720 bits per heavy atom. The van der Waals surface area contributed by atoms with Crippen molar-refractivity contribution in [2.24, 2.45) is 0 Å². The van der Waals surface area contributed by atoms with E-state index < -0.39 is 46.4 Å². The smallest absolute Gasteiger partial charge is 0.338 e. The maximum absolute atomic E-state index is 10.9. The number of carboxylic acid groups (broad SMARTS) is 1. The number of aromatic carboxylic acids is 1. The Morgan fingerprint density at radius 3 is 1.32 bits per heavy atom. The van der Waals surface area contributed by atoms with Crippen LogP contribution in [-0.2, 0) is 4.74 Å². The molecule has 0 heterocycles. The fourth-order valence-electron chi connectivity index (χ4n) is 1.57. The summed E-state index contributed by atoms with van der Waals surface area (Å²) in [5.41, 5.74) is -0.321. The van der Waals surface area contributed by atoms with Crippen LogP contribution in [0.3, 0.4) is 0 Å². The predicted octanol–water partition coefficient (Wildman–Crippen LogP) is 1.09. The van der Waals surface area contributed by atoms with Crippen LogP contribution in [0.4, 0.5) is 0 Å². The number of esters is 1. The molecule has 0 unspecified atom stereocenters. The molecule has 0 radical (unpaired) electrons. The zero-order chi connectivity index (χ0) is 19.3. The zero-order valence-corrected chi connectivity index (χ0v) is 12.7. The van der Waals surface area contributed by atoms with Gasteiger partial charge in [-0.1, -0.05) is 0 Å². The molecule has 2 aromatic carbocycles. The molecule has 0 spiro atoms. The van der Waals surface area contributed by atoms with Crippen molar-refractivity contribution in [2.45, 2.75) is 0 Å². The Bertz CT molecular complexity index is 766. The number of hydrogen-bond acceptors (Lipinski definition) is 9. The van der Waals surface area contributed by atoms with Crippen molar-refractivity contribution in [3.63, 3.8) is 0 Å². The summed E-state index contributed by atoms with van der Waals surface area (Å²) < 4.78 is 4.34. The Labute approximate surface area is 140 Å². The van der Waals surface area contributed by atoms with E-state index in [9.17, 15) is 9.59 Å². The molecule has 0 aliphatic heterocycles. The molecule has 2 rings (SSSR count). The summed E-state index contributed by atoms with van der Waals surface area (Å²) in [4.78, 5) is 21.2. The van der Waals surface area contributed by atoms with Gasteiger partial charge in [-0.05, 0) is 24.3 Å². The second-order valence-electron chi connectivity index (χ2n) is 4.52. The van der Waals surface area contributed by atoms with Gasteiger partial charge in [0.1, 0.15) is 0 Å². The largest absolute Gasteiger partial charge is 0.504 e. The van der Waals surface area contributed by atoms with E-state index in [4.69, 9.17) is 35.7 Å². The van der Waals surface area contributed by atoms with Gasteiger partial charge in [-0.2, -0.15) is 0 Å². The van der Waals surface area contributed by atoms with Crippen LogP contribution in [0.15, 0.2) is 24.3 Å². The van der Waals surface area contributed by atoms with E-state index in [1.54, 1.807) is 0 Å². The van der Waals surface area contributed by atoms with Crippen molar-refractivity contribution in [1.29, 1.82) is 0 Å². The van der Waals surface area contributed by atoms with Crippen LogP contribution in [0.25, 0.3) is 0 Å². The maximum atomic E-state index is 10.9. The molecule has 10 nitrogen and oxygen atoms in total. The van der Waals surface area contributed by atoms with Crippen LogP contribution in [0, 0.1) is 0 Å². The van der Waals surface area contributed by atoms with Crippen LogP contribution in [0.5, 0.6) is 34.5 Å². The van der Waals surface area contributed by atoms with Gasteiger partial charge in [-0.25, -0.2) is 9.59 Å². The lowest BCUT2D eigenvalue weighted by molar-refractivity contribution is 0.0598. The monoisotopic (exact) mass is 354 g/mol. The van der Waals surface area contributed by atoms with Gasteiger partial charge in [0.25, 0.3) is 0 Å². The highest BCUT2D eigenvalue weighted by molar-refractivity contribution is 5.91. The van der Waals surface area contributed by atoms with E-state index in [2.05, 4.69) is 4.74 Å². The van der Waals surface area contributed by atoms with Gasteiger partial charge in [0.05, 0.1) is 18.2 Å². The van der Waals surface area contributed by atoms with E-state index in [-0.39, 0.29) is 11.1 Å². The first-order valence-electron chi connectivity index (χ1n) is 6.40. The fourth-order valence-corrected chi connectivity index (χ4v) is 1.57. The summed E-state index contributed by atoms with van der Waals surface area (Å²) >= 11 is 0. The minimum atomic E-state index is -1.29. The molecule has 0 saturated carbocycles. The van der Waals surface area contributed by atoms with Crippen molar-refractivity contribution >= 4 is 11.9 Å². The third-order valence-electron chi connectivity index (χ3n) is 2.81. The maximum Gasteiger partial charge on any atom is 0.338 e. The highest BCUT2D eigenvalue weighted by atomic mass is 16.5. The topological polar surface area (TPSA) is 185 Å². The molecular formula is C15H14O10. The molecule has 0 saturated heterocycles. The quantitative estimate of drug-likeness (QED) is 0.304. The molecule has 0 bridgehead atoms. The average Bonchev–Trinajstić information content (AvgIpc) is 2.56. The lowest BCUT2D eigenvalue weighted by Gasteiger charge is -2.03. The third-order valence-corrected chi connectivity index (χ3v) is 2.81. The Hall–Kier alpha value is -3.82. The van der Waals surface area contributed by atoms with Crippen molar-refractivity contribution < 1.29 is 50.1 Å². The number of hydrogen-bond donors (Lipinski definition) is 7. The van der Waals surface area contributed by atoms with Gasteiger partial charge in [0.15, 0.2) is 34.5 Å². The summed E-state index contributed by atoms with van der Waals surface area (Å²) in [6.45, 7) is 0. The van der Waals surface area contributed by atoms with Gasteiger partial charge in [-0.3, -0.25) is 0 Å². The summed E-state index contributed by atoms with van der Waals surface area (Å²) in [5, 5.41) is 61.9. The lowest BCUT2D eigenvalue weighted by atomic mass is 10.2. The molecule has 0 fully saturated rings. The van der Waals surface area contributed by atoms with Gasteiger partial charge < -0.3 is 40.5 Å². The Balaban J connectivity index is 0.000000251. The first-order chi connectivity index (χ1) is 11.6. The molecule has 134 valence electrons. The van der Waals surface area contributed by atoms with Crippen molar-refractivity contribution in [2.75, 3.05) is 7.11 Å². The molecule has 0 amide bonds. The number of phenolic OH excluding ortho intramolecular Hbond substituents is 6. The second kappa shape index (κ2) is 7.64. The SMILES string of the molecule is COC(=O)c1cc(O)c(O)c(O)c1.O=C(O)c1cc(O)c(O)c(O)c1. The highest BCUT2D eigenvalue weighted by Crippen LogP contribution is 2.36. The summed E-state index contributed by atoms with van der Waals surface area (Å²) in [6.07, 6.45) is 0. The van der Waals surface area contributed by atoms with Crippen molar-refractivity contribution in [1.82, 2.24) is 0 Å². The lowest BCUT2D eigenvalue weighted by Crippen LogP contribution is -2.00. The molecular weight excluding hydrogens is 340 g/mol. The summed E-state index contributed by atoms with van der Waals surface area (Å²) in [7, 11) is 1.17. The number of carboxylic acids is 1. The minimum Gasteiger partial charge on any atom is -0.504 e. The normalized spacial score (nSPS) is 9.64. The van der Waals surface area contributed by atoms with Crippen LogP contribution in [0.2, 0.25) is 0 Å². The van der Waals surface area contributed by atoms with Crippen molar-refractivity contribution in [3.05, 3.63) is 35.4 Å². The molecule has 7 N–H and O–H groups in total.